The number of aromatic nitrogens is 2. The summed E-state index contributed by atoms with van der Waals surface area (Å²) in [5.41, 5.74) is 1.39. The molecule has 1 aromatic heterocycles. The van der Waals surface area contributed by atoms with Crippen molar-refractivity contribution in [1.82, 2.24) is 14.9 Å². The van der Waals surface area contributed by atoms with Crippen LogP contribution in [-0.2, 0) is 4.74 Å². The lowest BCUT2D eigenvalue weighted by Crippen LogP contribution is -2.42. The number of nitrogens with zero attached hydrogens (tertiary/aromatic N) is 3. The summed E-state index contributed by atoms with van der Waals surface area (Å²) in [4.78, 5) is 23.3. The molecule has 1 aliphatic rings. The van der Waals surface area contributed by atoms with Crippen LogP contribution in [0.1, 0.15) is 33.6 Å². The molecule has 1 aromatic carbocycles. The van der Waals surface area contributed by atoms with Crippen molar-refractivity contribution >= 4 is 18.1 Å². The van der Waals surface area contributed by atoms with Gasteiger partial charge in [-0.3, -0.25) is 0 Å². The minimum absolute atomic E-state index is 0.249. The van der Waals surface area contributed by atoms with Gasteiger partial charge in [-0.15, -0.1) is 0 Å². The van der Waals surface area contributed by atoms with Crippen LogP contribution in [0.15, 0.2) is 41.6 Å². The van der Waals surface area contributed by atoms with Crippen LogP contribution in [0.2, 0.25) is 0 Å². The Balaban J connectivity index is 1.45. The SMILES string of the molecule is CC(C)(C)OC(=O)N1CCC(COc2ncc(-c3ccc(SO)cc3)cn2)CC1. The summed E-state index contributed by atoms with van der Waals surface area (Å²) >= 11 is 0.719. The average Bonchev–Trinajstić information content (AvgIpc) is 2.72. The minimum Gasteiger partial charge on any atom is -0.463 e. The quantitative estimate of drug-likeness (QED) is 0.704. The highest BCUT2D eigenvalue weighted by Gasteiger charge is 2.27. The van der Waals surface area contributed by atoms with Crippen LogP contribution in [0.4, 0.5) is 4.79 Å². The molecule has 1 N–H and O–H groups in total. The lowest BCUT2D eigenvalue weighted by Gasteiger charge is -2.33. The van der Waals surface area contributed by atoms with Crippen LogP contribution in [0.3, 0.4) is 0 Å². The third kappa shape index (κ3) is 6.33. The molecule has 0 atom stereocenters. The first kappa shape index (κ1) is 21.4. The van der Waals surface area contributed by atoms with E-state index in [0.717, 1.165) is 40.9 Å². The molecular formula is C21H27N3O4S. The van der Waals surface area contributed by atoms with Crippen molar-refractivity contribution in [2.75, 3.05) is 19.7 Å². The highest BCUT2D eigenvalue weighted by Crippen LogP contribution is 2.23. The second-order valence-corrected chi connectivity index (χ2v) is 8.75. The van der Waals surface area contributed by atoms with E-state index in [2.05, 4.69) is 9.97 Å². The van der Waals surface area contributed by atoms with Crippen molar-refractivity contribution in [2.24, 2.45) is 5.92 Å². The molecule has 2 heterocycles. The van der Waals surface area contributed by atoms with Crippen LogP contribution < -0.4 is 4.74 Å². The van der Waals surface area contributed by atoms with Crippen LogP contribution in [-0.4, -0.2) is 50.8 Å². The van der Waals surface area contributed by atoms with Gasteiger partial charge in [0.1, 0.15) is 5.60 Å². The summed E-state index contributed by atoms with van der Waals surface area (Å²) in [6, 6.07) is 7.86. The Kier molecular flexibility index (Phi) is 6.97. The lowest BCUT2D eigenvalue weighted by molar-refractivity contribution is 0.0163. The van der Waals surface area contributed by atoms with E-state index in [4.69, 9.17) is 14.0 Å². The molecule has 1 aliphatic heterocycles. The van der Waals surface area contributed by atoms with E-state index in [1.807, 2.05) is 45.0 Å². The monoisotopic (exact) mass is 417 g/mol. The number of amides is 1. The number of ether oxygens (including phenoxy) is 2. The Labute approximate surface area is 175 Å². The molecule has 0 saturated carbocycles. The molecule has 0 unspecified atom stereocenters. The molecule has 3 rings (SSSR count). The molecule has 1 amide bonds. The number of benzene rings is 1. The molecule has 1 fully saturated rings. The number of carbonyl (C=O) groups is 1. The van der Waals surface area contributed by atoms with Gasteiger partial charge in [-0.25, -0.2) is 14.8 Å². The summed E-state index contributed by atoms with van der Waals surface area (Å²) < 4.78 is 20.2. The van der Waals surface area contributed by atoms with Crippen molar-refractivity contribution in [3.8, 4) is 17.1 Å². The molecule has 29 heavy (non-hydrogen) atoms. The zero-order valence-electron chi connectivity index (χ0n) is 17.0. The normalized spacial score (nSPS) is 15.2. The summed E-state index contributed by atoms with van der Waals surface area (Å²) in [5, 5.41) is 0. The molecule has 1 saturated heterocycles. The number of likely N-dealkylation sites (tertiary alicyclic amines) is 1. The van der Waals surface area contributed by atoms with Crippen LogP contribution in [0.25, 0.3) is 11.1 Å². The molecule has 0 spiro atoms. The second-order valence-electron chi connectivity index (χ2n) is 8.09. The average molecular weight is 418 g/mol. The van der Waals surface area contributed by atoms with Gasteiger partial charge in [0.15, 0.2) is 0 Å². The topological polar surface area (TPSA) is 84.8 Å². The Morgan fingerprint density at radius 3 is 2.31 bits per heavy atom. The maximum atomic E-state index is 12.1. The third-order valence-corrected chi connectivity index (χ3v) is 5.12. The standard InChI is InChI=1S/C21H27N3O4S/c1-21(2,3)28-20(25)24-10-8-15(9-11-24)14-27-19-22-12-17(13-23-19)16-4-6-18(29-26)7-5-16/h4-7,12-13,15,26H,8-11,14H2,1-3H3. The predicted molar refractivity (Wildman–Crippen MR) is 112 cm³/mol. The Bertz CT molecular complexity index is 798. The zero-order chi connectivity index (χ0) is 20.9. The smallest absolute Gasteiger partial charge is 0.410 e. The lowest BCUT2D eigenvalue weighted by atomic mass is 9.98. The fraction of sp³-hybridized carbons (Fsp3) is 0.476. The number of hydrogen-bond acceptors (Lipinski definition) is 7. The highest BCUT2D eigenvalue weighted by atomic mass is 32.2. The van der Waals surface area contributed by atoms with Crippen LogP contribution >= 0.6 is 12.0 Å². The first-order valence-electron chi connectivity index (χ1n) is 9.69. The van der Waals surface area contributed by atoms with Crippen LogP contribution in [0, 0.1) is 5.92 Å². The van der Waals surface area contributed by atoms with E-state index in [0.29, 0.717) is 31.6 Å². The van der Waals surface area contributed by atoms with Crippen molar-refractivity contribution in [3.05, 3.63) is 36.7 Å². The number of carbonyl (C=O) groups excluding carboxylic acids is 1. The van der Waals surface area contributed by atoms with Crippen molar-refractivity contribution in [3.63, 3.8) is 0 Å². The summed E-state index contributed by atoms with van der Waals surface area (Å²) in [6.45, 7) is 7.50. The molecule has 0 radical (unpaired) electrons. The Hall–Kier alpha value is -2.32. The van der Waals surface area contributed by atoms with Gasteiger partial charge in [0, 0.05) is 48.0 Å². The van der Waals surface area contributed by atoms with Gasteiger partial charge >= 0.3 is 12.1 Å². The molecular weight excluding hydrogens is 390 g/mol. The van der Waals surface area contributed by atoms with Gasteiger partial charge in [-0.1, -0.05) is 12.1 Å². The van der Waals surface area contributed by atoms with Gasteiger partial charge in [-0.2, -0.15) is 0 Å². The molecule has 7 nitrogen and oxygen atoms in total. The van der Waals surface area contributed by atoms with E-state index < -0.39 is 5.60 Å². The third-order valence-electron chi connectivity index (χ3n) is 4.64. The first-order chi connectivity index (χ1) is 13.8. The molecule has 0 bridgehead atoms. The van der Waals surface area contributed by atoms with Crippen molar-refractivity contribution < 1.29 is 18.8 Å². The first-order valence-corrected chi connectivity index (χ1v) is 10.5. The van der Waals surface area contributed by atoms with Gasteiger partial charge in [0.2, 0.25) is 0 Å². The summed E-state index contributed by atoms with van der Waals surface area (Å²) in [7, 11) is 0. The van der Waals surface area contributed by atoms with E-state index >= 15 is 0 Å². The van der Waals surface area contributed by atoms with Gasteiger partial charge in [0.25, 0.3) is 0 Å². The van der Waals surface area contributed by atoms with Crippen LogP contribution in [0.5, 0.6) is 6.01 Å². The fourth-order valence-electron chi connectivity index (χ4n) is 3.05. The van der Waals surface area contributed by atoms with E-state index in [9.17, 15) is 4.79 Å². The van der Waals surface area contributed by atoms with Gasteiger partial charge < -0.3 is 18.9 Å². The van der Waals surface area contributed by atoms with E-state index in [-0.39, 0.29) is 6.09 Å². The van der Waals surface area contributed by atoms with E-state index in [1.54, 1.807) is 17.3 Å². The molecule has 156 valence electrons. The fourth-order valence-corrected chi connectivity index (χ4v) is 3.31. The van der Waals surface area contributed by atoms with Gasteiger partial charge in [0.05, 0.1) is 6.61 Å². The highest BCUT2D eigenvalue weighted by molar-refractivity contribution is 7.93. The number of hydrogen-bond donors (Lipinski definition) is 1. The maximum Gasteiger partial charge on any atom is 0.410 e. The number of rotatable bonds is 5. The van der Waals surface area contributed by atoms with Gasteiger partial charge in [-0.05, 0) is 57.2 Å². The van der Waals surface area contributed by atoms with Crippen molar-refractivity contribution in [2.45, 2.75) is 44.1 Å². The second kappa shape index (κ2) is 9.45. The predicted octanol–water partition coefficient (Wildman–Crippen LogP) is 4.73. The largest absolute Gasteiger partial charge is 0.463 e. The maximum absolute atomic E-state index is 12.1. The Morgan fingerprint density at radius 2 is 1.76 bits per heavy atom. The van der Waals surface area contributed by atoms with E-state index in [1.165, 1.54) is 0 Å². The molecule has 0 aliphatic carbocycles. The zero-order valence-corrected chi connectivity index (χ0v) is 17.8. The molecule has 2 aromatic rings. The minimum atomic E-state index is -0.472. The van der Waals surface area contributed by atoms with Crippen molar-refractivity contribution in [1.29, 1.82) is 0 Å². The Morgan fingerprint density at radius 1 is 1.14 bits per heavy atom. The number of piperidine rings is 1. The molecule has 8 heteroatoms. The summed E-state index contributed by atoms with van der Waals surface area (Å²) in [5.74, 6) is 0.362. The summed E-state index contributed by atoms with van der Waals surface area (Å²) in [6.07, 6.45) is 4.95.